The standard InChI is InChI=1S/C16H15N3O5S.C15H13N3O3.CH3ClO2S/c1-11(20)19-6-5-12-7-14(3-4-15(12)19)24-16-8-13(17-10-18-16)9-23-25(2,21)22;1-10(20)18-5-4-11-6-13(2-3-14(11)18)21-15-7-12(8-19)16-9-17-15;1-5(2,3)4/h3-8,10H,9H2,1-2H3;2-7,9,19H,8H2,1H3;1H3. The zero-order chi connectivity index (χ0) is 37.3. The van der Waals surface area contributed by atoms with Gasteiger partial charge in [0.1, 0.15) is 30.8 Å². The molecule has 0 aliphatic heterocycles. The number of carbonyl (C=O) groups excluding carboxylic acids is 2. The average Bonchev–Trinajstić information content (AvgIpc) is 3.68. The van der Waals surface area contributed by atoms with Crippen molar-refractivity contribution < 1.29 is 45.2 Å². The fourth-order valence-corrected chi connectivity index (χ4v) is 4.69. The largest absolute Gasteiger partial charge is 0.439 e. The molecule has 0 amide bonds. The molecule has 0 spiro atoms. The first-order valence-corrected chi connectivity index (χ1v) is 19.1. The number of aromatic nitrogens is 6. The maximum atomic E-state index is 11.5. The number of carbonyl (C=O) groups is 2. The number of ether oxygens (including phenoxy) is 2. The number of benzene rings is 2. The number of halogens is 1. The lowest BCUT2D eigenvalue weighted by molar-refractivity contribution is 0.0933. The van der Waals surface area contributed by atoms with E-state index in [-0.39, 0.29) is 30.9 Å². The minimum absolute atomic E-state index is 0.0398. The van der Waals surface area contributed by atoms with E-state index in [1.165, 1.54) is 32.6 Å². The average molecular weight is 759 g/mol. The fraction of sp³-hybridized carbons (Fsp3) is 0.188. The van der Waals surface area contributed by atoms with E-state index >= 15 is 0 Å². The van der Waals surface area contributed by atoms with Crippen molar-refractivity contribution in [1.82, 2.24) is 29.1 Å². The minimum Gasteiger partial charge on any atom is -0.439 e. The Kier molecular flexibility index (Phi) is 12.6. The van der Waals surface area contributed by atoms with Gasteiger partial charge in [0.2, 0.25) is 32.6 Å². The molecule has 2 aromatic carbocycles. The second-order valence-corrected chi connectivity index (χ2v) is 15.2. The number of fused-ring (bicyclic) bond motifs is 2. The summed E-state index contributed by atoms with van der Waals surface area (Å²) in [4.78, 5) is 38.8. The second kappa shape index (κ2) is 16.6. The summed E-state index contributed by atoms with van der Waals surface area (Å²) in [5.74, 6) is 1.64. The predicted molar refractivity (Wildman–Crippen MR) is 187 cm³/mol. The molecule has 4 heterocycles. The van der Waals surface area contributed by atoms with Gasteiger partial charge < -0.3 is 14.6 Å². The van der Waals surface area contributed by atoms with Crippen molar-refractivity contribution in [1.29, 1.82) is 0 Å². The molecular weight excluding hydrogens is 728 g/mol. The molecule has 0 saturated heterocycles. The second-order valence-electron chi connectivity index (χ2n) is 10.6. The topological polar surface area (TPSA) is 212 Å². The van der Waals surface area contributed by atoms with Crippen LogP contribution in [0.1, 0.15) is 34.8 Å². The first kappa shape index (κ1) is 38.5. The highest BCUT2D eigenvalue weighted by Gasteiger charge is 2.10. The third-order valence-electron chi connectivity index (χ3n) is 6.43. The van der Waals surface area contributed by atoms with E-state index in [9.17, 15) is 26.4 Å². The van der Waals surface area contributed by atoms with Crippen LogP contribution in [0.3, 0.4) is 0 Å². The van der Waals surface area contributed by atoms with Crippen molar-refractivity contribution in [3.8, 4) is 23.3 Å². The number of aliphatic hydroxyl groups is 1. The highest BCUT2D eigenvalue weighted by Crippen LogP contribution is 2.27. The number of rotatable bonds is 8. The lowest BCUT2D eigenvalue weighted by Crippen LogP contribution is -2.04. The van der Waals surface area contributed by atoms with Gasteiger partial charge in [-0.1, -0.05) is 0 Å². The molecule has 19 heteroatoms. The highest BCUT2D eigenvalue weighted by atomic mass is 35.7. The Morgan fingerprint density at radius 2 is 1.14 bits per heavy atom. The highest BCUT2D eigenvalue weighted by molar-refractivity contribution is 8.13. The van der Waals surface area contributed by atoms with Gasteiger partial charge >= 0.3 is 0 Å². The van der Waals surface area contributed by atoms with Gasteiger partial charge in [0, 0.05) is 59.8 Å². The first-order valence-electron chi connectivity index (χ1n) is 14.6. The quantitative estimate of drug-likeness (QED) is 0.161. The molecule has 0 aliphatic carbocycles. The van der Waals surface area contributed by atoms with Crippen molar-refractivity contribution in [3.05, 3.63) is 97.1 Å². The lowest BCUT2D eigenvalue weighted by atomic mass is 10.2. The molecule has 51 heavy (non-hydrogen) atoms. The van der Waals surface area contributed by atoms with E-state index in [1.54, 1.807) is 51.9 Å². The van der Waals surface area contributed by atoms with Crippen LogP contribution < -0.4 is 9.47 Å². The van der Waals surface area contributed by atoms with Crippen molar-refractivity contribution in [2.45, 2.75) is 27.1 Å². The molecule has 16 nitrogen and oxygen atoms in total. The van der Waals surface area contributed by atoms with Gasteiger partial charge in [-0.25, -0.2) is 28.4 Å². The van der Waals surface area contributed by atoms with Crippen LogP contribution in [0.4, 0.5) is 0 Å². The van der Waals surface area contributed by atoms with E-state index < -0.39 is 19.2 Å². The van der Waals surface area contributed by atoms with Crippen LogP contribution in [0.2, 0.25) is 0 Å². The van der Waals surface area contributed by atoms with Crippen LogP contribution >= 0.6 is 10.7 Å². The summed E-state index contributed by atoms with van der Waals surface area (Å²) in [6.07, 6.45) is 7.92. The molecule has 0 fully saturated rings. The molecule has 0 saturated carbocycles. The van der Waals surface area contributed by atoms with Crippen molar-refractivity contribution >= 4 is 63.5 Å². The van der Waals surface area contributed by atoms with Crippen LogP contribution in [0.15, 0.2) is 85.7 Å². The molecule has 6 aromatic rings. The molecule has 1 N–H and O–H groups in total. The van der Waals surface area contributed by atoms with Gasteiger partial charge in [0.25, 0.3) is 10.1 Å². The first-order chi connectivity index (χ1) is 24.0. The molecule has 268 valence electrons. The number of nitrogens with zero attached hydrogens (tertiary/aromatic N) is 6. The molecule has 0 unspecified atom stereocenters. The van der Waals surface area contributed by atoms with Gasteiger partial charge in [-0.2, -0.15) is 8.42 Å². The Bertz CT molecular complexity index is 2410. The Labute approximate surface area is 296 Å². The molecular formula is C32H31ClN6O10S2. The van der Waals surface area contributed by atoms with E-state index in [4.69, 9.17) is 18.8 Å². The third kappa shape index (κ3) is 11.9. The van der Waals surface area contributed by atoms with E-state index in [1.807, 2.05) is 24.3 Å². The minimum atomic E-state index is -3.55. The molecule has 6 rings (SSSR count). The third-order valence-corrected chi connectivity index (χ3v) is 6.97. The van der Waals surface area contributed by atoms with Crippen LogP contribution in [0.5, 0.6) is 23.3 Å². The lowest BCUT2D eigenvalue weighted by Gasteiger charge is -2.07. The SMILES string of the molecule is CC(=O)n1ccc2cc(Oc3cc(CO)ncn3)ccc21.CC(=O)n1ccc2cc(Oc3cc(COS(C)(=O)=O)ncn3)ccc21.CS(=O)(=O)Cl. The summed E-state index contributed by atoms with van der Waals surface area (Å²) in [5, 5.41) is 10.8. The Balaban J connectivity index is 0.000000204. The maximum absolute atomic E-state index is 11.5. The van der Waals surface area contributed by atoms with Crippen molar-refractivity contribution in [2.75, 3.05) is 12.5 Å². The van der Waals surface area contributed by atoms with Crippen molar-refractivity contribution in [3.63, 3.8) is 0 Å². The molecule has 0 aliphatic rings. The summed E-state index contributed by atoms with van der Waals surface area (Å²) in [6.45, 7) is 2.64. The summed E-state index contributed by atoms with van der Waals surface area (Å²) >= 11 is 0. The van der Waals surface area contributed by atoms with Gasteiger partial charge in [0.15, 0.2) is 0 Å². The van der Waals surface area contributed by atoms with Crippen LogP contribution in [-0.2, 0) is 36.6 Å². The van der Waals surface area contributed by atoms with Crippen LogP contribution in [-0.4, -0.2) is 75.3 Å². The smallest absolute Gasteiger partial charge is 0.264 e. The normalized spacial score (nSPS) is 11.3. The van der Waals surface area contributed by atoms with Gasteiger partial charge in [-0.15, -0.1) is 0 Å². The molecule has 0 atom stereocenters. The Hall–Kier alpha value is -5.27. The van der Waals surface area contributed by atoms with E-state index in [0.29, 0.717) is 28.8 Å². The predicted octanol–water partition coefficient (Wildman–Crippen LogP) is 4.92. The van der Waals surface area contributed by atoms with Crippen LogP contribution in [0, 0.1) is 0 Å². The van der Waals surface area contributed by atoms with Crippen LogP contribution in [0.25, 0.3) is 21.8 Å². The molecule has 4 aromatic heterocycles. The Morgan fingerprint density at radius 1 is 0.706 bits per heavy atom. The number of aliphatic hydroxyl groups excluding tert-OH is 1. The van der Waals surface area contributed by atoms with Gasteiger partial charge in [-0.05, 0) is 48.5 Å². The summed E-state index contributed by atoms with van der Waals surface area (Å²) in [6, 6.07) is 17.4. The van der Waals surface area contributed by atoms with Gasteiger partial charge in [0.05, 0.1) is 41.5 Å². The summed E-state index contributed by atoms with van der Waals surface area (Å²) in [5.41, 5.74) is 2.47. The Morgan fingerprint density at radius 3 is 1.55 bits per heavy atom. The zero-order valence-corrected chi connectivity index (χ0v) is 29.9. The molecule has 0 radical (unpaired) electrons. The molecule has 0 bridgehead atoms. The van der Waals surface area contributed by atoms with E-state index in [2.05, 4.69) is 30.6 Å². The summed E-state index contributed by atoms with van der Waals surface area (Å²) in [7, 11) is -2.25. The van der Waals surface area contributed by atoms with E-state index in [0.717, 1.165) is 34.3 Å². The van der Waals surface area contributed by atoms with Crippen molar-refractivity contribution in [2.24, 2.45) is 0 Å². The number of hydrogen-bond acceptors (Lipinski definition) is 14. The fourth-order valence-electron chi connectivity index (χ4n) is 4.36. The summed E-state index contributed by atoms with van der Waals surface area (Å²) < 4.78 is 60.0. The zero-order valence-electron chi connectivity index (χ0n) is 27.5. The number of hydrogen-bond donors (Lipinski definition) is 1. The monoisotopic (exact) mass is 758 g/mol. The van der Waals surface area contributed by atoms with Gasteiger partial charge in [-0.3, -0.25) is 22.9 Å². The maximum Gasteiger partial charge on any atom is 0.264 e.